The Morgan fingerprint density at radius 2 is 2.06 bits per heavy atom. The molecule has 4 heteroatoms. The molecule has 0 bridgehead atoms. The van der Waals surface area contributed by atoms with Crippen LogP contribution in [0.2, 0.25) is 0 Å². The number of hydrogen-bond donors (Lipinski definition) is 1. The summed E-state index contributed by atoms with van der Waals surface area (Å²) >= 11 is 1.67. The molecule has 1 aromatic rings. The smallest absolute Gasteiger partial charge is 0.335 e. The molecule has 1 N–H and O–H groups in total. The molecule has 0 radical (unpaired) electrons. The molecule has 0 saturated heterocycles. The van der Waals surface area contributed by atoms with E-state index in [1.807, 2.05) is 33.8 Å². The third-order valence-electron chi connectivity index (χ3n) is 2.84. The van der Waals surface area contributed by atoms with Gasteiger partial charge in [0.2, 0.25) is 0 Å². The number of carbonyl (C=O) groups excluding carboxylic acids is 1. The minimum atomic E-state index is -1.13. The Morgan fingerprint density at radius 1 is 1.50 bits per heavy atom. The normalized spacial score (nSPS) is 13.6. The van der Waals surface area contributed by atoms with E-state index in [0.29, 0.717) is 0 Å². The average molecular weight is 242 g/mol. The largest absolute Gasteiger partial charge is 0.467 e. The minimum Gasteiger partial charge on any atom is -0.467 e. The van der Waals surface area contributed by atoms with Gasteiger partial charge in [-0.2, -0.15) is 0 Å². The average Bonchev–Trinajstić information content (AvgIpc) is 2.56. The molecule has 0 spiro atoms. The lowest BCUT2D eigenvalue weighted by atomic mass is 9.79. The molecule has 0 aliphatic rings. The molecule has 0 saturated carbocycles. The summed E-state index contributed by atoms with van der Waals surface area (Å²) in [6.45, 7) is 7.71. The number of carbonyl (C=O) groups is 1. The van der Waals surface area contributed by atoms with E-state index in [2.05, 4.69) is 4.74 Å². The number of hydrogen-bond acceptors (Lipinski definition) is 4. The fourth-order valence-electron chi connectivity index (χ4n) is 1.82. The van der Waals surface area contributed by atoms with Gasteiger partial charge in [-0.1, -0.05) is 13.8 Å². The number of ether oxygens (including phenoxy) is 1. The van der Waals surface area contributed by atoms with Crippen molar-refractivity contribution in [1.29, 1.82) is 0 Å². The van der Waals surface area contributed by atoms with E-state index in [9.17, 15) is 9.90 Å². The van der Waals surface area contributed by atoms with Crippen LogP contribution < -0.4 is 0 Å². The fraction of sp³-hybridized carbons (Fsp3) is 0.583. The Morgan fingerprint density at radius 3 is 2.44 bits per heavy atom. The second-order valence-corrected chi connectivity index (χ2v) is 5.93. The molecule has 1 heterocycles. The van der Waals surface area contributed by atoms with Crippen LogP contribution in [-0.4, -0.2) is 24.3 Å². The first-order valence-electron chi connectivity index (χ1n) is 5.14. The van der Waals surface area contributed by atoms with Gasteiger partial charge in [0.25, 0.3) is 0 Å². The SMILES string of the molecule is COC(=O)C(O)C(C)(C)c1cc(C)sc1C. The van der Waals surface area contributed by atoms with Crippen molar-refractivity contribution in [2.24, 2.45) is 0 Å². The van der Waals surface area contributed by atoms with E-state index in [1.54, 1.807) is 11.3 Å². The molecule has 3 nitrogen and oxygen atoms in total. The maximum Gasteiger partial charge on any atom is 0.335 e. The summed E-state index contributed by atoms with van der Waals surface area (Å²) in [6, 6.07) is 2.02. The van der Waals surface area contributed by atoms with Crippen LogP contribution in [-0.2, 0) is 14.9 Å². The van der Waals surface area contributed by atoms with Crippen LogP contribution in [0, 0.1) is 13.8 Å². The van der Waals surface area contributed by atoms with Crippen LogP contribution in [0.25, 0.3) is 0 Å². The zero-order valence-corrected chi connectivity index (χ0v) is 11.1. The Balaban J connectivity index is 3.10. The Hall–Kier alpha value is -0.870. The molecule has 90 valence electrons. The summed E-state index contributed by atoms with van der Waals surface area (Å²) in [7, 11) is 1.29. The van der Waals surface area contributed by atoms with E-state index < -0.39 is 17.5 Å². The number of thiophene rings is 1. The molecular formula is C12H18O3S. The van der Waals surface area contributed by atoms with Crippen LogP contribution in [0.4, 0.5) is 0 Å². The highest BCUT2D eigenvalue weighted by molar-refractivity contribution is 7.12. The molecule has 16 heavy (non-hydrogen) atoms. The predicted molar refractivity (Wildman–Crippen MR) is 64.8 cm³/mol. The van der Waals surface area contributed by atoms with Gasteiger partial charge in [-0.25, -0.2) is 4.79 Å². The third-order valence-corrected chi connectivity index (χ3v) is 3.81. The first kappa shape index (κ1) is 13.2. The quantitative estimate of drug-likeness (QED) is 0.826. The molecule has 1 atom stereocenters. The lowest BCUT2D eigenvalue weighted by Gasteiger charge is -2.28. The second-order valence-electron chi connectivity index (χ2n) is 4.47. The Labute approximate surface area is 100 Å². The molecule has 0 amide bonds. The van der Waals surface area contributed by atoms with Gasteiger partial charge in [-0.05, 0) is 25.5 Å². The molecule has 0 fully saturated rings. The molecule has 0 aliphatic carbocycles. The van der Waals surface area contributed by atoms with Crippen molar-refractivity contribution in [3.05, 3.63) is 21.4 Å². The van der Waals surface area contributed by atoms with Gasteiger partial charge in [0.1, 0.15) is 0 Å². The van der Waals surface area contributed by atoms with E-state index in [0.717, 1.165) is 10.4 Å². The van der Waals surface area contributed by atoms with Crippen molar-refractivity contribution in [2.75, 3.05) is 7.11 Å². The molecule has 0 aliphatic heterocycles. The third kappa shape index (κ3) is 2.28. The number of esters is 1. The molecule has 1 aromatic heterocycles. The molecular weight excluding hydrogens is 224 g/mol. The van der Waals surface area contributed by atoms with Crippen molar-refractivity contribution in [2.45, 2.75) is 39.2 Å². The highest BCUT2D eigenvalue weighted by atomic mass is 32.1. The van der Waals surface area contributed by atoms with E-state index in [1.165, 1.54) is 12.0 Å². The lowest BCUT2D eigenvalue weighted by Crippen LogP contribution is -2.40. The monoisotopic (exact) mass is 242 g/mol. The van der Waals surface area contributed by atoms with Gasteiger partial charge in [-0.3, -0.25) is 0 Å². The number of methoxy groups -OCH3 is 1. The van der Waals surface area contributed by atoms with E-state index in [-0.39, 0.29) is 0 Å². The van der Waals surface area contributed by atoms with Gasteiger partial charge < -0.3 is 9.84 Å². The maximum atomic E-state index is 11.4. The van der Waals surface area contributed by atoms with E-state index >= 15 is 0 Å². The summed E-state index contributed by atoms with van der Waals surface area (Å²) in [5.41, 5.74) is 0.384. The fourth-order valence-corrected chi connectivity index (χ4v) is 2.92. The van der Waals surface area contributed by atoms with Gasteiger partial charge in [0.05, 0.1) is 7.11 Å². The number of aliphatic hydroxyl groups excluding tert-OH is 1. The predicted octanol–water partition coefficient (Wildman–Crippen LogP) is 2.18. The first-order chi connectivity index (χ1) is 7.30. The maximum absolute atomic E-state index is 11.4. The standard InChI is InChI=1S/C12H18O3S/c1-7-6-9(8(2)16-7)12(3,4)10(13)11(14)15-5/h6,10,13H,1-5H3. The second kappa shape index (κ2) is 4.55. The minimum absolute atomic E-state index is 0.590. The highest BCUT2D eigenvalue weighted by Gasteiger charge is 2.37. The number of aliphatic hydroxyl groups is 1. The summed E-state index contributed by atoms with van der Waals surface area (Å²) < 4.78 is 4.58. The van der Waals surface area contributed by atoms with Crippen LogP contribution in [0.5, 0.6) is 0 Å². The van der Waals surface area contributed by atoms with Crippen molar-refractivity contribution < 1.29 is 14.6 Å². The van der Waals surface area contributed by atoms with Crippen LogP contribution in [0.15, 0.2) is 6.07 Å². The summed E-state index contributed by atoms with van der Waals surface area (Å²) in [4.78, 5) is 13.7. The van der Waals surface area contributed by atoms with Gasteiger partial charge in [0, 0.05) is 15.2 Å². The van der Waals surface area contributed by atoms with Crippen molar-refractivity contribution in [3.8, 4) is 0 Å². The molecule has 0 aromatic carbocycles. The van der Waals surface area contributed by atoms with Gasteiger partial charge in [-0.15, -0.1) is 11.3 Å². The number of aryl methyl sites for hydroxylation is 2. The van der Waals surface area contributed by atoms with Gasteiger partial charge in [0.15, 0.2) is 6.10 Å². The Kier molecular flexibility index (Phi) is 3.76. The van der Waals surface area contributed by atoms with Gasteiger partial charge >= 0.3 is 5.97 Å². The van der Waals surface area contributed by atoms with Crippen molar-refractivity contribution in [3.63, 3.8) is 0 Å². The zero-order valence-electron chi connectivity index (χ0n) is 10.3. The van der Waals surface area contributed by atoms with Crippen molar-refractivity contribution >= 4 is 17.3 Å². The summed E-state index contributed by atoms with van der Waals surface area (Å²) in [6.07, 6.45) is -1.13. The topological polar surface area (TPSA) is 46.5 Å². The lowest BCUT2D eigenvalue weighted by molar-refractivity contribution is -0.153. The summed E-state index contributed by atoms with van der Waals surface area (Å²) in [5, 5.41) is 9.96. The summed E-state index contributed by atoms with van der Waals surface area (Å²) in [5.74, 6) is -0.590. The first-order valence-corrected chi connectivity index (χ1v) is 5.95. The number of rotatable bonds is 3. The van der Waals surface area contributed by atoms with E-state index in [4.69, 9.17) is 0 Å². The highest BCUT2D eigenvalue weighted by Crippen LogP contribution is 2.34. The van der Waals surface area contributed by atoms with Crippen LogP contribution >= 0.6 is 11.3 Å². The Bertz CT molecular complexity index is 393. The molecule has 1 rings (SSSR count). The van der Waals surface area contributed by atoms with Crippen LogP contribution in [0.1, 0.15) is 29.2 Å². The van der Waals surface area contributed by atoms with Crippen LogP contribution in [0.3, 0.4) is 0 Å². The van der Waals surface area contributed by atoms with Crippen molar-refractivity contribution in [1.82, 2.24) is 0 Å². The molecule has 1 unspecified atom stereocenters. The zero-order chi connectivity index (χ0) is 12.5.